The Morgan fingerprint density at radius 1 is 1.44 bits per heavy atom. The molecule has 0 aliphatic rings. The topological polar surface area (TPSA) is 64.4 Å². The van der Waals surface area contributed by atoms with Crippen molar-refractivity contribution in [2.24, 2.45) is 0 Å². The summed E-state index contributed by atoms with van der Waals surface area (Å²) in [5, 5.41) is 13.8. The number of benzene rings is 1. The van der Waals surface area contributed by atoms with Gasteiger partial charge in [-0.1, -0.05) is 0 Å². The van der Waals surface area contributed by atoms with Gasteiger partial charge in [-0.15, -0.1) is 0 Å². The Morgan fingerprint density at radius 3 is 2.81 bits per heavy atom. The van der Waals surface area contributed by atoms with E-state index in [0.29, 0.717) is 6.61 Å². The molecule has 5 nitrogen and oxygen atoms in total. The van der Waals surface area contributed by atoms with E-state index in [1.165, 1.54) is 0 Å². The molecular formula is C11H16N2O3. The maximum atomic E-state index is 10.6. The molecule has 0 saturated carbocycles. The first-order chi connectivity index (χ1) is 7.63. The smallest absolute Gasteiger partial charge is 0.271 e. The molecule has 1 rings (SSSR count). The van der Waals surface area contributed by atoms with Crippen LogP contribution >= 0.6 is 0 Å². The van der Waals surface area contributed by atoms with Gasteiger partial charge < -0.3 is 10.1 Å². The minimum Gasteiger partial charge on any atom is -0.385 e. The van der Waals surface area contributed by atoms with E-state index in [1.54, 1.807) is 19.2 Å². The average molecular weight is 224 g/mol. The third kappa shape index (κ3) is 3.86. The van der Waals surface area contributed by atoms with Crippen LogP contribution in [0, 0.1) is 17.0 Å². The van der Waals surface area contributed by atoms with Gasteiger partial charge in [-0.25, -0.2) is 0 Å². The number of methoxy groups -OCH3 is 1. The number of ether oxygens (including phenoxy) is 1. The lowest BCUT2D eigenvalue weighted by molar-refractivity contribution is -0.384. The molecule has 0 heterocycles. The fourth-order valence-corrected chi connectivity index (χ4v) is 1.42. The van der Waals surface area contributed by atoms with Crippen molar-refractivity contribution in [2.75, 3.05) is 25.6 Å². The Kier molecular flexibility index (Phi) is 4.72. The predicted molar refractivity (Wildman–Crippen MR) is 62.8 cm³/mol. The van der Waals surface area contributed by atoms with Crippen LogP contribution in [0.25, 0.3) is 0 Å². The maximum Gasteiger partial charge on any atom is 0.271 e. The third-order valence-corrected chi connectivity index (χ3v) is 2.13. The van der Waals surface area contributed by atoms with Crippen LogP contribution in [-0.2, 0) is 4.74 Å². The number of anilines is 1. The highest BCUT2D eigenvalue weighted by molar-refractivity contribution is 5.53. The third-order valence-electron chi connectivity index (χ3n) is 2.13. The van der Waals surface area contributed by atoms with E-state index >= 15 is 0 Å². The van der Waals surface area contributed by atoms with Crippen LogP contribution in [0.2, 0.25) is 0 Å². The minimum absolute atomic E-state index is 0.120. The van der Waals surface area contributed by atoms with Gasteiger partial charge in [-0.3, -0.25) is 10.1 Å². The predicted octanol–water partition coefficient (Wildman–Crippen LogP) is 2.35. The Morgan fingerprint density at radius 2 is 2.19 bits per heavy atom. The number of rotatable bonds is 6. The van der Waals surface area contributed by atoms with E-state index in [-0.39, 0.29) is 10.6 Å². The van der Waals surface area contributed by atoms with Gasteiger partial charge in [0.2, 0.25) is 0 Å². The van der Waals surface area contributed by atoms with Crippen LogP contribution in [0.5, 0.6) is 0 Å². The maximum absolute atomic E-state index is 10.6. The van der Waals surface area contributed by atoms with Gasteiger partial charge in [0.1, 0.15) is 0 Å². The van der Waals surface area contributed by atoms with Crippen molar-refractivity contribution in [1.29, 1.82) is 0 Å². The Hall–Kier alpha value is -1.62. The van der Waals surface area contributed by atoms with Crippen LogP contribution in [0.4, 0.5) is 11.4 Å². The number of aryl methyl sites for hydroxylation is 1. The molecule has 0 aliphatic carbocycles. The van der Waals surface area contributed by atoms with E-state index in [9.17, 15) is 10.1 Å². The van der Waals surface area contributed by atoms with Gasteiger partial charge in [-0.2, -0.15) is 0 Å². The number of nitrogens with one attached hydrogen (secondary N) is 1. The zero-order chi connectivity index (χ0) is 12.0. The lowest BCUT2D eigenvalue weighted by Crippen LogP contribution is -2.05. The van der Waals surface area contributed by atoms with Gasteiger partial charge in [0.15, 0.2) is 0 Å². The fourth-order valence-electron chi connectivity index (χ4n) is 1.42. The molecule has 5 heteroatoms. The molecule has 0 atom stereocenters. The second-order valence-electron chi connectivity index (χ2n) is 3.59. The van der Waals surface area contributed by atoms with Crippen molar-refractivity contribution in [3.8, 4) is 0 Å². The monoisotopic (exact) mass is 224 g/mol. The second kappa shape index (κ2) is 6.07. The van der Waals surface area contributed by atoms with E-state index in [0.717, 1.165) is 24.2 Å². The molecule has 0 aliphatic heterocycles. The van der Waals surface area contributed by atoms with Crippen molar-refractivity contribution in [2.45, 2.75) is 13.3 Å². The average Bonchev–Trinajstić information content (AvgIpc) is 2.23. The van der Waals surface area contributed by atoms with Crippen molar-refractivity contribution in [1.82, 2.24) is 0 Å². The van der Waals surface area contributed by atoms with Crippen LogP contribution in [-0.4, -0.2) is 25.2 Å². The van der Waals surface area contributed by atoms with Crippen LogP contribution in [0.1, 0.15) is 12.0 Å². The molecule has 0 fully saturated rings. The number of hydrogen-bond donors (Lipinski definition) is 1. The Labute approximate surface area is 94.6 Å². The van der Waals surface area contributed by atoms with Crippen LogP contribution < -0.4 is 5.32 Å². The summed E-state index contributed by atoms with van der Waals surface area (Å²) in [6.45, 7) is 3.27. The molecule has 88 valence electrons. The van der Waals surface area contributed by atoms with Gasteiger partial charge in [0, 0.05) is 38.1 Å². The first-order valence-corrected chi connectivity index (χ1v) is 5.12. The molecule has 16 heavy (non-hydrogen) atoms. The summed E-state index contributed by atoms with van der Waals surface area (Å²) >= 11 is 0. The Balaban J connectivity index is 2.62. The molecule has 1 aromatic rings. The summed E-state index contributed by atoms with van der Waals surface area (Å²) in [6.07, 6.45) is 0.873. The summed E-state index contributed by atoms with van der Waals surface area (Å²) in [4.78, 5) is 10.3. The van der Waals surface area contributed by atoms with Crippen molar-refractivity contribution in [3.05, 3.63) is 33.9 Å². The van der Waals surface area contributed by atoms with E-state index < -0.39 is 0 Å². The molecule has 0 aromatic heterocycles. The summed E-state index contributed by atoms with van der Waals surface area (Å²) in [6, 6.07) is 4.99. The van der Waals surface area contributed by atoms with E-state index in [2.05, 4.69) is 5.32 Å². The van der Waals surface area contributed by atoms with Crippen LogP contribution in [0.3, 0.4) is 0 Å². The summed E-state index contributed by atoms with van der Waals surface area (Å²) < 4.78 is 4.92. The molecule has 1 N–H and O–H groups in total. The molecule has 0 amide bonds. The standard InChI is InChI=1S/C11H16N2O3/c1-9-6-10(12-4-3-5-16-2)8-11(7-9)13(14)15/h6-8,12H,3-5H2,1-2H3. The normalized spacial score (nSPS) is 10.1. The molecule has 0 spiro atoms. The molecular weight excluding hydrogens is 208 g/mol. The number of nitro benzene ring substituents is 1. The van der Waals surface area contributed by atoms with Crippen molar-refractivity contribution in [3.63, 3.8) is 0 Å². The molecule has 0 saturated heterocycles. The van der Waals surface area contributed by atoms with Crippen LogP contribution in [0.15, 0.2) is 18.2 Å². The number of hydrogen-bond acceptors (Lipinski definition) is 4. The summed E-state index contributed by atoms with van der Waals surface area (Å²) in [5.41, 5.74) is 1.78. The van der Waals surface area contributed by atoms with Crippen molar-refractivity contribution >= 4 is 11.4 Å². The molecule has 0 radical (unpaired) electrons. The molecule has 1 aromatic carbocycles. The zero-order valence-corrected chi connectivity index (χ0v) is 9.53. The fraction of sp³-hybridized carbons (Fsp3) is 0.455. The largest absolute Gasteiger partial charge is 0.385 e. The highest BCUT2D eigenvalue weighted by Gasteiger charge is 2.07. The highest BCUT2D eigenvalue weighted by atomic mass is 16.6. The van der Waals surface area contributed by atoms with Gasteiger partial charge in [0.05, 0.1) is 4.92 Å². The second-order valence-corrected chi connectivity index (χ2v) is 3.59. The first kappa shape index (κ1) is 12.4. The van der Waals surface area contributed by atoms with E-state index in [4.69, 9.17) is 4.74 Å². The minimum atomic E-state index is -0.382. The Bertz CT molecular complexity index is 366. The summed E-state index contributed by atoms with van der Waals surface area (Å²) in [5.74, 6) is 0. The van der Waals surface area contributed by atoms with E-state index in [1.807, 2.05) is 13.0 Å². The quantitative estimate of drug-likeness (QED) is 0.457. The van der Waals surface area contributed by atoms with Gasteiger partial charge in [0.25, 0.3) is 5.69 Å². The number of nitrogens with zero attached hydrogens (tertiary/aromatic N) is 1. The number of non-ortho nitro benzene ring substituents is 1. The van der Waals surface area contributed by atoms with Gasteiger partial charge >= 0.3 is 0 Å². The lowest BCUT2D eigenvalue weighted by atomic mass is 10.2. The highest BCUT2D eigenvalue weighted by Crippen LogP contribution is 2.20. The first-order valence-electron chi connectivity index (χ1n) is 5.12. The zero-order valence-electron chi connectivity index (χ0n) is 9.53. The van der Waals surface area contributed by atoms with Crippen molar-refractivity contribution < 1.29 is 9.66 Å². The lowest BCUT2D eigenvalue weighted by Gasteiger charge is -2.06. The number of nitro groups is 1. The molecule has 0 bridgehead atoms. The SMILES string of the molecule is COCCCNc1cc(C)cc([N+](=O)[O-])c1. The van der Waals surface area contributed by atoms with Gasteiger partial charge in [-0.05, 0) is 25.0 Å². The summed E-state index contributed by atoms with van der Waals surface area (Å²) in [7, 11) is 1.65. The molecule has 0 unspecified atom stereocenters.